The summed E-state index contributed by atoms with van der Waals surface area (Å²) in [6.45, 7) is 0.831. The fourth-order valence-electron chi connectivity index (χ4n) is 2.95. The van der Waals surface area contributed by atoms with Crippen LogP contribution < -0.4 is 4.90 Å². The van der Waals surface area contributed by atoms with Crippen LogP contribution in [0.4, 0.5) is 5.82 Å². The number of nitriles is 1. The first kappa shape index (κ1) is 15.7. The average Bonchev–Trinajstić information content (AvgIpc) is 3.31. The summed E-state index contributed by atoms with van der Waals surface area (Å²) in [5, 5.41) is 13.0. The summed E-state index contributed by atoms with van der Waals surface area (Å²) in [5.41, 5.74) is 1.19. The number of rotatable bonds is 3. The van der Waals surface area contributed by atoms with E-state index in [-0.39, 0.29) is 6.04 Å². The number of aromatic nitrogens is 4. The lowest BCUT2D eigenvalue weighted by molar-refractivity contribution is 0.354. The molecule has 1 unspecified atom stereocenters. The predicted octanol–water partition coefficient (Wildman–Crippen LogP) is 3.50. The Labute approximate surface area is 152 Å². The van der Waals surface area contributed by atoms with Gasteiger partial charge >= 0.3 is 0 Å². The highest BCUT2D eigenvalue weighted by atomic mass is 79.9. The number of hydrogen-bond donors (Lipinski definition) is 0. The predicted molar refractivity (Wildman–Crippen MR) is 93.5 cm³/mol. The number of hydrogen-bond acceptors (Lipinski definition) is 7. The van der Waals surface area contributed by atoms with Crippen LogP contribution in [0.3, 0.4) is 0 Å². The third kappa shape index (κ3) is 2.98. The Morgan fingerprint density at radius 1 is 1.24 bits per heavy atom. The monoisotopic (exact) mass is 396 g/mol. The molecule has 0 aliphatic carbocycles. The second-order valence-electron chi connectivity index (χ2n) is 5.66. The van der Waals surface area contributed by atoms with Crippen molar-refractivity contribution in [1.82, 2.24) is 20.1 Å². The van der Waals surface area contributed by atoms with Crippen LogP contribution in [0.15, 0.2) is 45.7 Å². The molecule has 1 aromatic carbocycles. The molecule has 1 fully saturated rings. The molecule has 0 radical (unpaired) electrons. The molecule has 25 heavy (non-hydrogen) atoms. The maximum atomic E-state index is 8.85. The van der Waals surface area contributed by atoms with Crippen molar-refractivity contribution in [2.24, 2.45) is 0 Å². The van der Waals surface area contributed by atoms with Crippen molar-refractivity contribution in [3.8, 4) is 17.5 Å². The van der Waals surface area contributed by atoms with E-state index in [9.17, 15) is 0 Å². The van der Waals surface area contributed by atoms with Gasteiger partial charge in [-0.3, -0.25) is 0 Å². The van der Waals surface area contributed by atoms with Crippen LogP contribution in [0, 0.1) is 11.3 Å². The molecule has 1 aliphatic heterocycles. The molecule has 1 atom stereocenters. The highest BCUT2D eigenvalue weighted by Crippen LogP contribution is 2.35. The van der Waals surface area contributed by atoms with E-state index >= 15 is 0 Å². The molecular formula is C17H13BrN6O. The van der Waals surface area contributed by atoms with Crippen LogP contribution in [0.2, 0.25) is 0 Å². The molecule has 3 aromatic rings. The van der Waals surface area contributed by atoms with Gasteiger partial charge in [-0.05, 0) is 25.0 Å². The highest BCUT2D eigenvalue weighted by molar-refractivity contribution is 9.10. The zero-order chi connectivity index (χ0) is 17.2. The Bertz CT molecular complexity index is 933. The summed E-state index contributed by atoms with van der Waals surface area (Å²) < 4.78 is 6.45. The number of halogens is 1. The van der Waals surface area contributed by atoms with Gasteiger partial charge in [0.15, 0.2) is 5.69 Å². The van der Waals surface area contributed by atoms with Crippen molar-refractivity contribution in [1.29, 1.82) is 5.26 Å². The van der Waals surface area contributed by atoms with Crippen LogP contribution in [0.1, 0.15) is 30.5 Å². The van der Waals surface area contributed by atoms with E-state index in [0.717, 1.165) is 29.4 Å². The molecule has 3 heterocycles. The topological polar surface area (TPSA) is 91.7 Å². The molecule has 124 valence electrons. The van der Waals surface area contributed by atoms with Gasteiger partial charge in [-0.2, -0.15) is 10.2 Å². The molecule has 2 aromatic heterocycles. The van der Waals surface area contributed by atoms with Gasteiger partial charge in [-0.15, -0.1) is 0 Å². The Kier molecular flexibility index (Phi) is 4.15. The minimum absolute atomic E-state index is 0.0361. The van der Waals surface area contributed by atoms with Crippen LogP contribution in [0.25, 0.3) is 11.4 Å². The number of benzene rings is 1. The number of nitrogens with zero attached hydrogens (tertiary/aromatic N) is 6. The maximum absolute atomic E-state index is 8.85. The lowest BCUT2D eigenvalue weighted by Crippen LogP contribution is -2.24. The molecule has 1 aliphatic rings. The Morgan fingerprint density at radius 2 is 2.12 bits per heavy atom. The smallest absolute Gasteiger partial charge is 0.249 e. The van der Waals surface area contributed by atoms with Gasteiger partial charge in [0.25, 0.3) is 0 Å². The van der Waals surface area contributed by atoms with Gasteiger partial charge in [-0.1, -0.05) is 33.2 Å². The summed E-state index contributed by atoms with van der Waals surface area (Å²) in [6, 6.07) is 9.70. The molecule has 8 heteroatoms. The fraction of sp³-hybridized carbons (Fsp3) is 0.235. The molecule has 4 rings (SSSR count). The lowest BCUT2D eigenvalue weighted by atomic mass is 10.2. The maximum Gasteiger partial charge on any atom is 0.249 e. The SMILES string of the molecule is N#Cc1cnc(N2CCCC2c2nc(-c3ccccc3Br)no2)cn1. The van der Waals surface area contributed by atoms with E-state index in [4.69, 9.17) is 9.78 Å². The molecule has 0 N–H and O–H groups in total. The minimum Gasteiger partial charge on any atom is -0.343 e. The average molecular weight is 397 g/mol. The fourth-order valence-corrected chi connectivity index (χ4v) is 3.41. The lowest BCUT2D eigenvalue weighted by Gasteiger charge is -2.22. The van der Waals surface area contributed by atoms with Crippen molar-refractivity contribution >= 4 is 21.7 Å². The minimum atomic E-state index is -0.0361. The van der Waals surface area contributed by atoms with Crippen LogP contribution in [-0.2, 0) is 0 Å². The Hall–Kier alpha value is -2.79. The van der Waals surface area contributed by atoms with E-state index in [1.165, 1.54) is 6.20 Å². The van der Waals surface area contributed by atoms with Crippen LogP contribution in [-0.4, -0.2) is 26.7 Å². The Balaban J connectivity index is 1.63. The third-order valence-corrected chi connectivity index (χ3v) is 4.83. The molecule has 7 nitrogen and oxygen atoms in total. The number of anilines is 1. The largest absolute Gasteiger partial charge is 0.343 e. The molecular weight excluding hydrogens is 384 g/mol. The van der Waals surface area contributed by atoms with Gasteiger partial charge in [-0.25, -0.2) is 9.97 Å². The van der Waals surface area contributed by atoms with Crippen LogP contribution >= 0.6 is 15.9 Å². The third-order valence-electron chi connectivity index (χ3n) is 4.14. The summed E-state index contributed by atoms with van der Waals surface area (Å²) in [6.07, 6.45) is 4.99. The zero-order valence-electron chi connectivity index (χ0n) is 13.1. The van der Waals surface area contributed by atoms with Gasteiger partial charge in [0.2, 0.25) is 11.7 Å². The standard InChI is InChI=1S/C17H13BrN6O/c18-13-5-2-1-4-12(13)16-22-17(25-23-16)14-6-3-7-24(14)15-10-20-11(8-19)9-21-15/h1-2,4-5,9-10,14H,3,6-7H2. The van der Waals surface area contributed by atoms with Crippen molar-refractivity contribution < 1.29 is 4.52 Å². The molecule has 0 saturated carbocycles. The van der Waals surface area contributed by atoms with Gasteiger partial charge in [0.05, 0.1) is 12.4 Å². The summed E-state index contributed by atoms with van der Waals surface area (Å²) >= 11 is 3.51. The van der Waals surface area contributed by atoms with E-state index in [0.29, 0.717) is 23.2 Å². The van der Waals surface area contributed by atoms with E-state index < -0.39 is 0 Å². The second kappa shape index (κ2) is 6.61. The van der Waals surface area contributed by atoms with Crippen molar-refractivity contribution in [2.75, 3.05) is 11.4 Å². The summed E-state index contributed by atoms with van der Waals surface area (Å²) in [4.78, 5) is 15.1. The van der Waals surface area contributed by atoms with Gasteiger partial charge < -0.3 is 9.42 Å². The van der Waals surface area contributed by atoms with Crippen molar-refractivity contribution in [3.63, 3.8) is 0 Å². The van der Waals surface area contributed by atoms with Crippen LogP contribution in [0.5, 0.6) is 0 Å². The van der Waals surface area contributed by atoms with Crippen molar-refractivity contribution in [2.45, 2.75) is 18.9 Å². The molecule has 0 spiro atoms. The summed E-state index contributed by atoms with van der Waals surface area (Å²) in [5.74, 6) is 1.83. The summed E-state index contributed by atoms with van der Waals surface area (Å²) in [7, 11) is 0. The second-order valence-corrected chi connectivity index (χ2v) is 6.51. The first-order valence-corrected chi connectivity index (χ1v) is 8.63. The molecule has 0 amide bonds. The zero-order valence-corrected chi connectivity index (χ0v) is 14.7. The van der Waals surface area contributed by atoms with E-state index in [1.54, 1.807) is 6.20 Å². The molecule has 1 saturated heterocycles. The first-order chi connectivity index (χ1) is 12.3. The van der Waals surface area contributed by atoms with E-state index in [1.807, 2.05) is 30.3 Å². The van der Waals surface area contributed by atoms with Gasteiger partial charge in [0, 0.05) is 16.6 Å². The Morgan fingerprint density at radius 3 is 2.88 bits per heavy atom. The van der Waals surface area contributed by atoms with Gasteiger partial charge in [0.1, 0.15) is 17.9 Å². The van der Waals surface area contributed by atoms with Crippen molar-refractivity contribution in [3.05, 3.63) is 52.7 Å². The van der Waals surface area contributed by atoms with E-state index in [2.05, 4.69) is 40.9 Å². The first-order valence-electron chi connectivity index (χ1n) is 7.83. The quantitative estimate of drug-likeness (QED) is 0.668. The highest BCUT2D eigenvalue weighted by Gasteiger charge is 2.32. The normalized spacial score (nSPS) is 16.8. The molecule has 0 bridgehead atoms.